The topological polar surface area (TPSA) is 3.24 Å². The van der Waals surface area contributed by atoms with Gasteiger partial charge in [-0.1, -0.05) is 30.3 Å². The number of thiophene rings is 1. The lowest BCUT2D eigenvalue weighted by Crippen LogP contribution is -2.37. The van der Waals surface area contributed by atoms with Gasteiger partial charge in [0.15, 0.2) is 0 Å². The Balaban J connectivity index is 1.46. The summed E-state index contributed by atoms with van der Waals surface area (Å²) in [5.41, 5.74) is 3.09. The Hall–Kier alpha value is -1.12. The molecule has 2 heterocycles. The summed E-state index contributed by atoms with van der Waals surface area (Å²) in [5, 5.41) is 2.28. The predicted molar refractivity (Wildman–Crippen MR) is 80.6 cm³/mol. The molecule has 0 spiro atoms. The minimum Gasteiger partial charge on any atom is -0.299 e. The average molecular weight is 269 g/mol. The molecule has 0 saturated carbocycles. The van der Waals surface area contributed by atoms with E-state index in [1.807, 2.05) is 11.3 Å². The number of hydrogen-bond donors (Lipinski definition) is 0. The molecule has 0 amide bonds. The Labute approximate surface area is 118 Å². The highest BCUT2D eigenvalue weighted by molar-refractivity contribution is 7.10. The predicted octanol–water partition coefficient (Wildman–Crippen LogP) is 3.91. The third kappa shape index (κ3) is 2.13. The largest absolute Gasteiger partial charge is 0.299 e. The van der Waals surface area contributed by atoms with Crippen molar-refractivity contribution in [2.24, 2.45) is 5.92 Å². The van der Waals surface area contributed by atoms with Gasteiger partial charge in [0, 0.05) is 18.0 Å². The molecule has 1 fully saturated rings. The molecule has 0 N–H and O–H groups in total. The molecule has 1 aliphatic carbocycles. The highest BCUT2D eigenvalue weighted by Crippen LogP contribution is 2.45. The molecule has 2 atom stereocenters. The first-order valence-electron chi connectivity index (χ1n) is 7.23. The summed E-state index contributed by atoms with van der Waals surface area (Å²) < 4.78 is 0. The summed E-state index contributed by atoms with van der Waals surface area (Å²) in [4.78, 5) is 4.34. The summed E-state index contributed by atoms with van der Waals surface area (Å²) in [6.45, 7) is 3.66. The number of likely N-dealkylation sites (tertiary alicyclic amines) is 1. The molecule has 4 rings (SSSR count). The van der Waals surface area contributed by atoms with E-state index in [0.29, 0.717) is 0 Å². The maximum atomic E-state index is 2.65. The molecule has 1 aromatic carbocycles. The number of benzene rings is 1. The van der Waals surface area contributed by atoms with Crippen LogP contribution < -0.4 is 0 Å². The van der Waals surface area contributed by atoms with E-state index >= 15 is 0 Å². The second-order valence-corrected chi connectivity index (χ2v) is 6.84. The molecule has 98 valence electrons. The fraction of sp³-hybridized carbons (Fsp3) is 0.412. The standard InChI is InChI=1S/C17H19NS/c1-2-4-13(5-3-1)11-18-8-6-16-15(12-18)10-14-7-9-19-17(14)16/h1-5,7,9,15-16H,6,8,10-12H2. The molecule has 1 saturated heterocycles. The monoisotopic (exact) mass is 269 g/mol. The zero-order valence-electron chi connectivity index (χ0n) is 11.1. The minimum atomic E-state index is 0.863. The Kier molecular flexibility index (Phi) is 2.93. The molecule has 2 unspecified atom stereocenters. The maximum absolute atomic E-state index is 2.65. The first-order valence-corrected chi connectivity index (χ1v) is 8.10. The van der Waals surface area contributed by atoms with Gasteiger partial charge in [-0.25, -0.2) is 0 Å². The first-order chi connectivity index (χ1) is 9.40. The van der Waals surface area contributed by atoms with Crippen LogP contribution in [0.15, 0.2) is 41.8 Å². The van der Waals surface area contributed by atoms with E-state index in [1.165, 1.54) is 31.5 Å². The highest BCUT2D eigenvalue weighted by atomic mass is 32.1. The van der Waals surface area contributed by atoms with Crippen LogP contribution in [0.4, 0.5) is 0 Å². The maximum Gasteiger partial charge on any atom is 0.0233 e. The number of rotatable bonds is 2. The first kappa shape index (κ1) is 11.7. The molecule has 0 bridgehead atoms. The third-order valence-corrected chi connectivity index (χ3v) is 5.76. The zero-order valence-corrected chi connectivity index (χ0v) is 11.9. The SMILES string of the molecule is c1ccc(CN2CCC3c4sccc4CC3C2)cc1. The molecule has 1 nitrogen and oxygen atoms in total. The van der Waals surface area contributed by atoms with Crippen LogP contribution >= 0.6 is 11.3 Å². The number of nitrogens with zero attached hydrogens (tertiary/aromatic N) is 1. The quantitative estimate of drug-likeness (QED) is 0.799. The van der Waals surface area contributed by atoms with Crippen LogP contribution in [0.25, 0.3) is 0 Å². The van der Waals surface area contributed by atoms with Crippen molar-refractivity contribution in [1.82, 2.24) is 4.90 Å². The summed E-state index contributed by atoms with van der Waals surface area (Å²) in [6.07, 6.45) is 2.67. The van der Waals surface area contributed by atoms with Crippen molar-refractivity contribution >= 4 is 11.3 Å². The van der Waals surface area contributed by atoms with Crippen LogP contribution in [0.1, 0.15) is 28.3 Å². The van der Waals surface area contributed by atoms with Crippen molar-refractivity contribution in [3.05, 3.63) is 57.8 Å². The van der Waals surface area contributed by atoms with Gasteiger partial charge >= 0.3 is 0 Å². The van der Waals surface area contributed by atoms with Crippen LogP contribution in [0, 0.1) is 5.92 Å². The fourth-order valence-electron chi connectivity index (χ4n) is 3.77. The second kappa shape index (κ2) is 4.77. The van der Waals surface area contributed by atoms with Gasteiger partial charge in [0.05, 0.1) is 0 Å². The van der Waals surface area contributed by atoms with Gasteiger partial charge in [0.1, 0.15) is 0 Å². The Morgan fingerprint density at radius 2 is 2.05 bits per heavy atom. The fourth-order valence-corrected chi connectivity index (χ4v) is 4.94. The molecule has 2 heteroatoms. The van der Waals surface area contributed by atoms with Gasteiger partial charge in [0.2, 0.25) is 0 Å². The van der Waals surface area contributed by atoms with Gasteiger partial charge in [0.25, 0.3) is 0 Å². The molecule has 0 radical (unpaired) electrons. The van der Waals surface area contributed by atoms with E-state index in [-0.39, 0.29) is 0 Å². The molecular formula is C17H19NS. The van der Waals surface area contributed by atoms with E-state index in [0.717, 1.165) is 18.4 Å². The van der Waals surface area contributed by atoms with Gasteiger partial charge in [-0.2, -0.15) is 0 Å². The molecule has 19 heavy (non-hydrogen) atoms. The zero-order chi connectivity index (χ0) is 12.7. The van der Waals surface area contributed by atoms with Crippen LogP contribution in [-0.4, -0.2) is 18.0 Å². The Bertz CT molecular complexity index is 560. The van der Waals surface area contributed by atoms with E-state index in [1.54, 1.807) is 10.4 Å². The van der Waals surface area contributed by atoms with Gasteiger partial charge in [-0.15, -0.1) is 11.3 Å². The lowest BCUT2D eigenvalue weighted by Gasteiger charge is -2.35. The van der Waals surface area contributed by atoms with Crippen LogP contribution in [0.3, 0.4) is 0 Å². The molecular weight excluding hydrogens is 250 g/mol. The van der Waals surface area contributed by atoms with Crippen molar-refractivity contribution in [1.29, 1.82) is 0 Å². The molecule has 1 aliphatic heterocycles. The number of fused-ring (bicyclic) bond motifs is 3. The Morgan fingerprint density at radius 1 is 1.16 bits per heavy atom. The Morgan fingerprint density at radius 3 is 2.95 bits per heavy atom. The average Bonchev–Trinajstić information content (AvgIpc) is 3.00. The van der Waals surface area contributed by atoms with Crippen LogP contribution in [0.2, 0.25) is 0 Å². The summed E-state index contributed by atoms with van der Waals surface area (Å²) in [7, 11) is 0. The number of hydrogen-bond acceptors (Lipinski definition) is 2. The van der Waals surface area contributed by atoms with Crippen LogP contribution in [0.5, 0.6) is 0 Å². The van der Waals surface area contributed by atoms with E-state index < -0.39 is 0 Å². The molecule has 1 aromatic heterocycles. The summed E-state index contributed by atoms with van der Waals surface area (Å²) in [5.74, 6) is 1.74. The van der Waals surface area contributed by atoms with E-state index in [2.05, 4.69) is 46.7 Å². The normalized spacial score (nSPS) is 26.1. The minimum absolute atomic E-state index is 0.863. The highest BCUT2D eigenvalue weighted by Gasteiger charge is 2.37. The van der Waals surface area contributed by atoms with Crippen LogP contribution in [-0.2, 0) is 13.0 Å². The summed E-state index contributed by atoms with van der Waals surface area (Å²) >= 11 is 1.98. The van der Waals surface area contributed by atoms with E-state index in [4.69, 9.17) is 0 Å². The van der Waals surface area contributed by atoms with Crippen molar-refractivity contribution in [2.75, 3.05) is 13.1 Å². The van der Waals surface area contributed by atoms with Gasteiger partial charge < -0.3 is 0 Å². The van der Waals surface area contributed by atoms with Crippen molar-refractivity contribution in [2.45, 2.75) is 25.3 Å². The molecule has 2 aromatic rings. The van der Waals surface area contributed by atoms with Gasteiger partial charge in [-0.3, -0.25) is 4.90 Å². The lowest BCUT2D eigenvalue weighted by molar-refractivity contribution is 0.156. The van der Waals surface area contributed by atoms with Crippen molar-refractivity contribution in [3.63, 3.8) is 0 Å². The third-order valence-electron chi connectivity index (χ3n) is 4.67. The number of piperidine rings is 1. The smallest absolute Gasteiger partial charge is 0.0233 e. The second-order valence-electron chi connectivity index (χ2n) is 5.89. The van der Waals surface area contributed by atoms with E-state index in [9.17, 15) is 0 Å². The van der Waals surface area contributed by atoms with Gasteiger partial charge in [-0.05, 0) is 53.8 Å². The molecule has 2 aliphatic rings. The van der Waals surface area contributed by atoms with Crippen molar-refractivity contribution < 1.29 is 0 Å². The summed E-state index contributed by atoms with van der Waals surface area (Å²) in [6, 6.07) is 13.2. The van der Waals surface area contributed by atoms with Crippen molar-refractivity contribution in [3.8, 4) is 0 Å². The lowest BCUT2D eigenvalue weighted by atomic mass is 9.88.